The summed E-state index contributed by atoms with van der Waals surface area (Å²) in [7, 11) is -3.43. The maximum Gasteiger partial charge on any atom is 0.341 e. The molecule has 1 saturated heterocycles. The summed E-state index contributed by atoms with van der Waals surface area (Å²) < 4.78 is 28.4. The zero-order chi connectivity index (χ0) is 14.9. The first kappa shape index (κ1) is 14.8. The van der Waals surface area contributed by atoms with Crippen molar-refractivity contribution in [2.24, 2.45) is 11.5 Å². The number of nitrogens with two attached hydrogens (primary N) is 2. The van der Waals surface area contributed by atoms with Crippen LogP contribution in [0.25, 0.3) is 0 Å². The van der Waals surface area contributed by atoms with E-state index in [1.54, 1.807) is 16.7 Å². The highest BCUT2D eigenvalue weighted by molar-refractivity contribution is 7.89. The quantitative estimate of drug-likeness (QED) is 0.573. The van der Waals surface area contributed by atoms with Crippen molar-refractivity contribution in [1.82, 2.24) is 4.31 Å². The van der Waals surface area contributed by atoms with Gasteiger partial charge in [-0.25, -0.2) is 8.42 Å². The Labute approximate surface area is 119 Å². The number of sulfonamides is 1. The van der Waals surface area contributed by atoms with Crippen LogP contribution in [-0.2, 0) is 10.0 Å². The molecule has 0 saturated carbocycles. The highest BCUT2D eigenvalue weighted by Crippen LogP contribution is 2.19. The summed E-state index contributed by atoms with van der Waals surface area (Å²) in [6.45, 7) is 5.71. The van der Waals surface area contributed by atoms with Crippen LogP contribution in [0.1, 0.15) is 11.1 Å². The predicted octanol–water partition coefficient (Wildman–Crippen LogP) is -0.406. The topological polar surface area (TPSA) is 92.4 Å². The molecule has 20 heavy (non-hydrogen) atoms. The van der Waals surface area contributed by atoms with Crippen molar-refractivity contribution in [1.29, 1.82) is 0 Å². The minimum absolute atomic E-state index is 0.244. The monoisotopic (exact) mass is 297 g/mol. The number of hydrogen-bond acceptors (Lipinski definition) is 2. The number of hydrogen-bond donors (Lipinski definition) is 2. The second-order valence-electron chi connectivity index (χ2n) is 5.06. The van der Waals surface area contributed by atoms with E-state index in [0.717, 1.165) is 11.1 Å². The summed E-state index contributed by atoms with van der Waals surface area (Å²) in [5.41, 5.74) is 13.1. The molecule has 1 fully saturated rings. The molecule has 2 rings (SSSR count). The van der Waals surface area contributed by atoms with Crippen molar-refractivity contribution in [2.75, 3.05) is 26.2 Å². The number of guanidine groups is 1. The molecule has 6 nitrogen and oxygen atoms in total. The van der Waals surface area contributed by atoms with Crippen LogP contribution in [0.2, 0.25) is 0 Å². The van der Waals surface area contributed by atoms with Crippen molar-refractivity contribution in [3.63, 3.8) is 0 Å². The summed E-state index contributed by atoms with van der Waals surface area (Å²) in [4.78, 5) is 0.346. The van der Waals surface area contributed by atoms with E-state index in [4.69, 9.17) is 11.5 Å². The predicted molar refractivity (Wildman–Crippen MR) is 78.1 cm³/mol. The molecule has 0 atom stereocenters. The molecular formula is C13H21N4O2S+. The average Bonchev–Trinajstić information content (AvgIpc) is 2.41. The molecule has 0 spiro atoms. The van der Waals surface area contributed by atoms with Gasteiger partial charge in [0.15, 0.2) is 0 Å². The van der Waals surface area contributed by atoms with E-state index in [0.29, 0.717) is 31.1 Å². The van der Waals surface area contributed by atoms with Gasteiger partial charge in [-0.05, 0) is 37.1 Å². The van der Waals surface area contributed by atoms with Gasteiger partial charge in [-0.3, -0.25) is 16.0 Å². The minimum Gasteiger partial charge on any atom is -0.291 e. The molecule has 1 aliphatic rings. The first-order chi connectivity index (χ1) is 9.32. The Morgan fingerprint density at radius 3 is 2.25 bits per heavy atom. The summed E-state index contributed by atoms with van der Waals surface area (Å²) in [6.07, 6.45) is 0. The van der Waals surface area contributed by atoms with Crippen LogP contribution in [0.4, 0.5) is 0 Å². The Morgan fingerprint density at radius 1 is 1.15 bits per heavy atom. The van der Waals surface area contributed by atoms with E-state index in [1.165, 1.54) is 4.31 Å². The van der Waals surface area contributed by atoms with Gasteiger partial charge in [-0.1, -0.05) is 6.07 Å². The van der Waals surface area contributed by atoms with Crippen LogP contribution in [0.3, 0.4) is 0 Å². The highest BCUT2D eigenvalue weighted by Gasteiger charge is 2.28. The van der Waals surface area contributed by atoms with Crippen LogP contribution >= 0.6 is 0 Å². The van der Waals surface area contributed by atoms with Crippen molar-refractivity contribution in [2.45, 2.75) is 18.7 Å². The zero-order valence-electron chi connectivity index (χ0n) is 11.8. The molecule has 0 radical (unpaired) electrons. The van der Waals surface area contributed by atoms with Gasteiger partial charge >= 0.3 is 5.96 Å². The largest absolute Gasteiger partial charge is 0.341 e. The molecule has 1 heterocycles. The highest BCUT2D eigenvalue weighted by atomic mass is 32.2. The zero-order valence-corrected chi connectivity index (χ0v) is 12.7. The van der Waals surface area contributed by atoms with Crippen LogP contribution in [0.15, 0.2) is 23.1 Å². The lowest BCUT2D eigenvalue weighted by atomic mass is 10.1. The maximum atomic E-state index is 12.6. The summed E-state index contributed by atoms with van der Waals surface area (Å²) in [6, 6.07) is 5.22. The standard InChI is InChI=1S/C13H20N4O2S/c1-10-3-4-12(9-11(10)2)20(18,19)17-7-5-16(6-8-17)13(14)15/h3-4,9H,5-8H2,1-2H3,(H3,14,15)/p+1. The molecule has 110 valence electrons. The SMILES string of the molecule is Cc1ccc(S(=O)(=O)N2CC[N+](=C(N)N)CC2)cc1C. The molecular weight excluding hydrogens is 276 g/mol. The van der Waals surface area contributed by atoms with Gasteiger partial charge < -0.3 is 0 Å². The van der Waals surface area contributed by atoms with E-state index in [2.05, 4.69) is 0 Å². The second-order valence-corrected chi connectivity index (χ2v) is 7.00. The molecule has 0 aromatic heterocycles. The van der Waals surface area contributed by atoms with E-state index < -0.39 is 10.0 Å². The molecule has 0 amide bonds. The molecule has 7 heteroatoms. The van der Waals surface area contributed by atoms with E-state index in [1.807, 2.05) is 19.9 Å². The van der Waals surface area contributed by atoms with Gasteiger partial charge in [-0.15, -0.1) is 0 Å². The fourth-order valence-corrected chi connectivity index (χ4v) is 3.72. The van der Waals surface area contributed by atoms with Crippen LogP contribution < -0.4 is 11.5 Å². The number of piperazine rings is 1. The third kappa shape index (κ3) is 2.78. The van der Waals surface area contributed by atoms with Gasteiger partial charge in [0.25, 0.3) is 0 Å². The van der Waals surface area contributed by atoms with Crippen LogP contribution in [0, 0.1) is 13.8 Å². The number of aryl methyl sites for hydroxylation is 2. The Kier molecular flexibility index (Phi) is 4.01. The maximum absolute atomic E-state index is 12.6. The molecule has 1 aromatic rings. The van der Waals surface area contributed by atoms with E-state index in [-0.39, 0.29) is 5.96 Å². The fourth-order valence-electron chi connectivity index (χ4n) is 2.21. The molecule has 1 aromatic carbocycles. The number of rotatable bonds is 2. The number of nitrogens with zero attached hydrogens (tertiary/aromatic N) is 2. The van der Waals surface area contributed by atoms with Crippen molar-refractivity contribution >= 4 is 16.0 Å². The lowest BCUT2D eigenvalue weighted by Crippen LogP contribution is -2.49. The molecule has 1 aliphatic heterocycles. The fraction of sp³-hybridized carbons (Fsp3) is 0.462. The molecule has 4 N–H and O–H groups in total. The molecule has 0 bridgehead atoms. The molecule has 0 aliphatic carbocycles. The summed E-state index contributed by atoms with van der Waals surface area (Å²) >= 11 is 0. The third-order valence-electron chi connectivity index (χ3n) is 3.72. The van der Waals surface area contributed by atoms with Crippen LogP contribution in [-0.4, -0.2) is 49.4 Å². The Morgan fingerprint density at radius 2 is 1.75 bits per heavy atom. The van der Waals surface area contributed by atoms with Crippen molar-refractivity contribution in [3.05, 3.63) is 29.3 Å². The van der Waals surface area contributed by atoms with Crippen molar-refractivity contribution < 1.29 is 13.0 Å². The van der Waals surface area contributed by atoms with Crippen LogP contribution in [0.5, 0.6) is 0 Å². The smallest absolute Gasteiger partial charge is 0.291 e. The lowest BCUT2D eigenvalue weighted by Gasteiger charge is -2.27. The average molecular weight is 297 g/mol. The first-order valence-corrected chi connectivity index (χ1v) is 7.96. The third-order valence-corrected chi connectivity index (χ3v) is 5.61. The Hall–Kier alpha value is -1.60. The second kappa shape index (κ2) is 5.41. The Balaban J connectivity index is 2.24. The first-order valence-electron chi connectivity index (χ1n) is 6.52. The molecule has 0 unspecified atom stereocenters. The van der Waals surface area contributed by atoms with Crippen molar-refractivity contribution in [3.8, 4) is 0 Å². The lowest BCUT2D eigenvalue weighted by molar-refractivity contribution is -0.538. The van der Waals surface area contributed by atoms with Gasteiger partial charge in [-0.2, -0.15) is 4.31 Å². The minimum atomic E-state index is -3.43. The number of benzene rings is 1. The van der Waals surface area contributed by atoms with Gasteiger partial charge in [0.1, 0.15) is 0 Å². The summed E-state index contributed by atoms with van der Waals surface area (Å²) in [5, 5.41) is 0. The van der Waals surface area contributed by atoms with Gasteiger partial charge in [0.05, 0.1) is 18.0 Å². The summed E-state index contributed by atoms with van der Waals surface area (Å²) in [5.74, 6) is 0.244. The van der Waals surface area contributed by atoms with Gasteiger partial charge in [0, 0.05) is 13.1 Å². The van der Waals surface area contributed by atoms with Gasteiger partial charge in [0.2, 0.25) is 10.0 Å². The van der Waals surface area contributed by atoms with E-state index >= 15 is 0 Å². The Bertz CT molecular complexity index is 638. The van der Waals surface area contributed by atoms with E-state index in [9.17, 15) is 8.42 Å². The normalized spacial score (nSPS) is 17.2.